The van der Waals surface area contributed by atoms with Crippen LogP contribution in [-0.2, 0) is 11.2 Å². The number of rotatable bonds is 10. The number of carbonyl (C=O) groups excluding carboxylic acids is 4. The summed E-state index contributed by atoms with van der Waals surface area (Å²) >= 11 is 7.64. The highest BCUT2D eigenvalue weighted by Gasteiger charge is 2.36. The van der Waals surface area contributed by atoms with E-state index in [2.05, 4.69) is 15.5 Å². The third-order valence-electron chi connectivity index (χ3n) is 6.62. The van der Waals surface area contributed by atoms with Gasteiger partial charge in [0.25, 0.3) is 11.8 Å². The number of amides is 3. The van der Waals surface area contributed by atoms with Gasteiger partial charge in [0, 0.05) is 30.5 Å². The average molecular weight is 588 g/mol. The number of ketones is 1. The number of nitrogens with one attached hydrogen (secondary N) is 1. The molecule has 2 heterocycles. The largest absolute Gasteiger partial charge is 0.356 e. The third kappa shape index (κ3) is 5.94. The van der Waals surface area contributed by atoms with Crippen LogP contribution in [0.2, 0.25) is 5.02 Å². The minimum Gasteiger partial charge on any atom is -0.356 e. The molecule has 3 aromatic carbocycles. The zero-order valence-electron chi connectivity index (χ0n) is 22.4. The number of nitrogens with zero attached hydrogens (tertiary/aromatic N) is 4. The van der Waals surface area contributed by atoms with Crippen LogP contribution in [0.15, 0.2) is 71.9 Å². The Morgan fingerprint density at radius 3 is 2.34 bits per heavy atom. The number of aryl methyl sites for hydroxylation is 2. The number of fused-ring (bicyclic) bond motifs is 1. The molecule has 0 radical (unpaired) electrons. The molecule has 3 amide bonds. The number of aromatic nitrogens is 3. The molecule has 0 fully saturated rings. The van der Waals surface area contributed by atoms with Crippen LogP contribution >= 0.6 is 23.4 Å². The van der Waals surface area contributed by atoms with E-state index in [1.807, 2.05) is 29.7 Å². The van der Waals surface area contributed by atoms with E-state index in [9.17, 15) is 19.2 Å². The van der Waals surface area contributed by atoms with Gasteiger partial charge in [0.2, 0.25) is 5.91 Å². The van der Waals surface area contributed by atoms with Crippen molar-refractivity contribution in [2.45, 2.75) is 31.8 Å². The fraction of sp³-hybridized carbons (Fsp3) is 0.200. The highest BCUT2D eigenvalue weighted by atomic mass is 35.5. The van der Waals surface area contributed by atoms with Crippen molar-refractivity contribution in [3.63, 3.8) is 0 Å². The van der Waals surface area contributed by atoms with Crippen molar-refractivity contribution in [1.82, 2.24) is 20.1 Å². The second kappa shape index (κ2) is 12.1. The number of anilines is 1. The predicted molar refractivity (Wildman–Crippen MR) is 157 cm³/mol. The van der Waals surface area contributed by atoms with E-state index in [4.69, 9.17) is 11.6 Å². The summed E-state index contributed by atoms with van der Waals surface area (Å²) in [5, 5.41) is 12.6. The fourth-order valence-corrected chi connectivity index (χ4v) is 5.54. The second-order valence-corrected chi connectivity index (χ2v) is 10.9. The van der Waals surface area contributed by atoms with Crippen LogP contribution in [0.1, 0.15) is 55.8 Å². The van der Waals surface area contributed by atoms with E-state index in [0.29, 0.717) is 57.8 Å². The predicted octanol–water partition coefficient (Wildman–Crippen LogP) is 5.07. The van der Waals surface area contributed by atoms with Gasteiger partial charge in [-0.1, -0.05) is 53.7 Å². The minimum atomic E-state index is -0.416. The van der Waals surface area contributed by atoms with Gasteiger partial charge in [0.05, 0.1) is 28.3 Å². The van der Waals surface area contributed by atoms with Crippen LogP contribution in [0, 0.1) is 6.92 Å². The van der Waals surface area contributed by atoms with Crippen molar-refractivity contribution in [2.75, 3.05) is 17.2 Å². The molecule has 0 saturated carbocycles. The van der Waals surface area contributed by atoms with E-state index in [-0.39, 0.29) is 17.4 Å². The molecule has 208 valence electrons. The molecule has 0 spiro atoms. The topological polar surface area (TPSA) is 114 Å². The molecule has 1 aliphatic rings. The van der Waals surface area contributed by atoms with Crippen molar-refractivity contribution in [1.29, 1.82) is 0 Å². The first kappa shape index (κ1) is 28.3. The zero-order valence-corrected chi connectivity index (χ0v) is 24.0. The Bertz CT molecular complexity index is 1650. The van der Waals surface area contributed by atoms with Gasteiger partial charge in [-0.3, -0.25) is 23.7 Å². The number of benzene rings is 3. The Labute approximate surface area is 245 Å². The van der Waals surface area contributed by atoms with Crippen molar-refractivity contribution < 1.29 is 19.2 Å². The summed E-state index contributed by atoms with van der Waals surface area (Å²) in [6, 6.07) is 18.8. The quantitative estimate of drug-likeness (QED) is 0.119. The van der Waals surface area contributed by atoms with Crippen LogP contribution in [-0.4, -0.2) is 50.6 Å². The minimum absolute atomic E-state index is 0.0508. The maximum atomic E-state index is 13.3. The first-order valence-electron chi connectivity index (χ1n) is 12.9. The first-order valence-corrected chi connectivity index (χ1v) is 14.3. The standard InChI is InChI=1S/C30H26ClN5O4S/c1-18-12-13-22(16-25(18)31)35-27(11-6-14-32-19(2)37)33-34-30(35)41-17-26(38)20-7-5-8-21(15-20)36-28(39)23-9-3-4-10-24(23)29(36)40/h3-5,7-10,12-13,15-16H,6,11,14,17H2,1-2H3,(H,32,37). The number of thioether (sulfide) groups is 1. The molecule has 11 heteroatoms. The molecular formula is C30H26ClN5O4S. The van der Waals surface area contributed by atoms with Gasteiger partial charge in [-0.05, 0) is 55.3 Å². The molecule has 0 unspecified atom stereocenters. The maximum absolute atomic E-state index is 13.3. The lowest BCUT2D eigenvalue weighted by Crippen LogP contribution is -2.29. The average Bonchev–Trinajstić information content (AvgIpc) is 3.49. The Morgan fingerprint density at radius 1 is 0.927 bits per heavy atom. The van der Waals surface area contributed by atoms with Gasteiger partial charge in [0.1, 0.15) is 5.82 Å². The zero-order chi connectivity index (χ0) is 29.1. The summed E-state index contributed by atoms with van der Waals surface area (Å²) in [7, 11) is 0. The summed E-state index contributed by atoms with van der Waals surface area (Å²) in [5.41, 5.74) is 3.08. The number of carbonyl (C=O) groups is 4. The smallest absolute Gasteiger partial charge is 0.266 e. The van der Waals surface area contributed by atoms with E-state index < -0.39 is 11.8 Å². The first-order chi connectivity index (χ1) is 19.7. The van der Waals surface area contributed by atoms with E-state index in [1.165, 1.54) is 18.7 Å². The van der Waals surface area contributed by atoms with E-state index in [1.54, 1.807) is 48.5 Å². The monoisotopic (exact) mass is 587 g/mol. The summed E-state index contributed by atoms with van der Waals surface area (Å²) in [5.74, 6) is -0.399. The Hall–Kier alpha value is -4.28. The van der Waals surface area contributed by atoms with Gasteiger partial charge < -0.3 is 5.32 Å². The van der Waals surface area contributed by atoms with Gasteiger partial charge in [0.15, 0.2) is 10.9 Å². The second-order valence-electron chi connectivity index (χ2n) is 9.51. The van der Waals surface area contributed by atoms with Crippen LogP contribution in [0.3, 0.4) is 0 Å². The molecule has 1 aliphatic heterocycles. The SMILES string of the molecule is CC(=O)NCCCc1nnc(SCC(=O)c2cccc(N3C(=O)c4ccccc4C3=O)c2)n1-c1ccc(C)c(Cl)c1. The van der Waals surface area contributed by atoms with Crippen molar-refractivity contribution >= 4 is 52.6 Å². The number of imide groups is 1. The van der Waals surface area contributed by atoms with Crippen LogP contribution in [0.5, 0.6) is 0 Å². The summed E-state index contributed by atoms with van der Waals surface area (Å²) in [4.78, 5) is 51.4. The lowest BCUT2D eigenvalue weighted by Gasteiger charge is -2.15. The fourth-order valence-electron chi connectivity index (χ4n) is 4.50. The molecule has 1 aromatic heterocycles. The van der Waals surface area contributed by atoms with Crippen LogP contribution in [0.25, 0.3) is 5.69 Å². The number of halogens is 1. The van der Waals surface area contributed by atoms with E-state index in [0.717, 1.165) is 16.2 Å². The highest BCUT2D eigenvalue weighted by Crippen LogP contribution is 2.30. The van der Waals surface area contributed by atoms with Crippen LogP contribution < -0.4 is 10.2 Å². The number of hydrogen-bond donors (Lipinski definition) is 1. The molecule has 9 nitrogen and oxygen atoms in total. The lowest BCUT2D eigenvalue weighted by atomic mass is 10.1. The molecule has 0 saturated heterocycles. The maximum Gasteiger partial charge on any atom is 0.266 e. The molecule has 1 N–H and O–H groups in total. The Morgan fingerprint density at radius 2 is 1.66 bits per heavy atom. The summed E-state index contributed by atoms with van der Waals surface area (Å²) < 4.78 is 1.87. The van der Waals surface area contributed by atoms with E-state index >= 15 is 0 Å². The van der Waals surface area contributed by atoms with Gasteiger partial charge in [-0.25, -0.2) is 4.90 Å². The highest BCUT2D eigenvalue weighted by molar-refractivity contribution is 7.99. The summed E-state index contributed by atoms with van der Waals surface area (Å²) in [6.45, 7) is 3.89. The molecular weight excluding hydrogens is 562 g/mol. The Balaban J connectivity index is 1.35. The molecule has 4 aromatic rings. The van der Waals surface area contributed by atoms with Gasteiger partial charge in [-0.15, -0.1) is 10.2 Å². The van der Waals surface area contributed by atoms with Crippen molar-refractivity contribution in [3.05, 3.63) is 99.8 Å². The third-order valence-corrected chi connectivity index (χ3v) is 7.95. The van der Waals surface area contributed by atoms with Crippen LogP contribution in [0.4, 0.5) is 5.69 Å². The van der Waals surface area contributed by atoms with Crippen molar-refractivity contribution in [3.8, 4) is 5.69 Å². The number of Topliss-reactive ketones (excluding diaryl/α,β-unsaturated/α-hetero) is 1. The summed E-state index contributed by atoms with van der Waals surface area (Å²) in [6.07, 6.45) is 1.21. The molecule has 41 heavy (non-hydrogen) atoms. The molecule has 0 atom stereocenters. The van der Waals surface area contributed by atoms with Gasteiger partial charge in [-0.2, -0.15) is 0 Å². The molecule has 5 rings (SSSR count). The normalized spacial score (nSPS) is 12.5. The molecule has 0 bridgehead atoms. The Kier molecular flexibility index (Phi) is 8.32. The number of hydrogen-bond acceptors (Lipinski definition) is 7. The van der Waals surface area contributed by atoms with Gasteiger partial charge >= 0.3 is 0 Å². The molecule has 0 aliphatic carbocycles. The van der Waals surface area contributed by atoms with Crippen molar-refractivity contribution in [2.24, 2.45) is 0 Å². The lowest BCUT2D eigenvalue weighted by molar-refractivity contribution is -0.118.